The maximum atomic E-state index is 13.2. The van der Waals surface area contributed by atoms with Gasteiger partial charge in [-0.3, -0.25) is 14.4 Å². The van der Waals surface area contributed by atoms with Crippen LogP contribution in [0.2, 0.25) is 0 Å². The van der Waals surface area contributed by atoms with Gasteiger partial charge in [0.05, 0.1) is 23.5 Å². The van der Waals surface area contributed by atoms with Crippen LogP contribution in [0.1, 0.15) is 33.6 Å². The van der Waals surface area contributed by atoms with Crippen molar-refractivity contribution in [2.45, 2.75) is 18.9 Å². The van der Waals surface area contributed by atoms with Crippen LogP contribution in [-0.4, -0.2) is 43.5 Å². The Morgan fingerprint density at radius 1 is 1.17 bits per heavy atom. The summed E-state index contributed by atoms with van der Waals surface area (Å²) in [5, 5.41) is 4.25. The molecule has 2 aromatic heterocycles. The Morgan fingerprint density at radius 2 is 1.93 bits per heavy atom. The number of para-hydroxylation sites is 1. The van der Waals surface area contributed by atoms with Crippen molar-refractivity contribution in [3.05, 3.63) is 76.3 Å². The van der Waals surface area contributed by atoms with Gasteiger partial charge in [-0.25, -0.2) is 4.68 Å². The maximum absolute atomic E-state index is 13.2. The van der Waals surface area contributed by atoms with Crippen LogP contribution in [0.25, 0.3) is 5.69 Å². The van der Waals surface area contributed by atoms with E-state index in [1.807, 2.05) is 30.3 Å². The van der Waals surface area contributed by atoms with E-state index in [1.165, 1.54) is 26.4 Å². The molecule has 0 spiro atoms. The first-order valence-electron chi connectivity index (χ1n) is 9.38. The molecule has 0 unspecified atom stereocenters. The molecule has 8 nitrogen and oxygen atoms in total. The lowest BCUT2D eigenvalue weighted by atomic mass is 10.0. The first-order valence-corrected chi connectivity index (χ1v) is 9.38. The molecule has 29 heavy (non-hydrogen) atoms. The number of aryl methyl sites for hydroxylation is 1. The van der Waals surface area contributed by atoms with Crippen molar-refractivity contribution in [2.75, 3.05) is 12.3 Å². The van der Waals surface area contributed by atoms with Gasteiger partial charge in [0, 0.05) is 31.4 Å². The van der Waals surface area contributed by atoms with Gasteiger partial charge in [-0.2, -0.15) is 5.10 Å². The highest BCUT2D eigenvalue weighted by Crippen LogP contribution is 2.26. The van der Waals surface area contributed by atoms with Crippen LogP contribution in [-0.2, 0) is 7.05 Å². The van der Waals surface area contributed by atoms with Crippen LogP contribution < -0.4 is 11.3 Å². The van der Waals surface area contributed by atoms with Crippen LogP contribution in [0.3, 0.4) is 0 Å². The van der Waals surface area contributed by atoms with Crippen molar-refractivity contribution in [1.29, 1.82) is 0 Å². The number of hydrogen-bond acceptors (Lipinski definition) is 5. The van der Waals surface area contributed by atoms with Gasteiger partial charge in [-0.1, -0.05) is 18.2 Å². The lowest BCUT2D eigenvalue weighted by Crippen LogP contribution is -2.41. The van der Waals surface area contributed by atoms with Crippen molar-refractivity contribution < 1.29 is 9.59 Å². The normalized spacial score (nSPS) is 16.2. The predicted octanol–water partition coefficient (Wildman–Crippen LogP) is 1.64. The Morgan fingerprint density at radius 3 is 2.66 bits per heavy atom. The first-order chi connectivity index (χ1) is 14.0. The number of Topliss-reactive ketones (excluding diaryl/α,β-unsaturated/α-hetero) is 1. The fraction of sp³-hybridized carbons (Fsp3) is 0.238. The first kappa shape index (κ1) is 18.7. The van der Waals surface area contributed by atoms with Gasteiger partial charge in [0.1, 0.15) is 5.82 Å². The lowest BCUT2D eigenvalue weighted by Gasteiger charge is -2.23. The maximum Gasteiger partial charge on any atom is 0.254 e. The lowest BCUT2D eigenvalue weighted by molar-refractivity contribution is 0.0671. The molecular weight excluding hydrogens is 370 g/mol. The molecule has 4 rings (SSSR count). The van der Waals surface area contributed by atoms with Crippen LogP contribution in [0, 0.1) is 0 Å². The second kappa shape index (κ2) is 7.38. The molecule has 3 aromatic rings. The number of nitrogen functional groups attached to an aromatic ring is 1. The minimum absolute atomic E-state index is 0.237. The molecule has 1 amide bonds. The topological polar surface area (TPSA) is 103 Å². The largest absolute Gasteiger partial charge is 0.383 e. The highest BCUT2D eigenvalue weighted by atomic mass is 16.2. The van der Waals surface area contributed by atoms with Gasteiger partial charge in [-0.15, -0.1) is 0 Å². The summed E-state index contributed by atoms with van der Waals surface area (Å²) in [7, 11) is 1.62. The number of carbonyl (C=O) groups is 2. The van der Waals surface area contributed by atoms with E-state index in [0.29, 0.717) is 24.9 Å². The number of pyridine rings is 1. The van der Waals surface area contributed by atoms with E-state index in [2.05, 4.69) is 5.10 Å². The highest BCUT2D eigenvalue weighted by Gasteiger charge is 2.36. The number of aromatic nitrogens is 3. The molecule has 1 aliphatic rings. The van der Waals surface area contributed by atoms with E-state index in [0.717, 1.165) is 5.69 Å². The van der Waals surface area contributed by atoms with E-state index in [4.69, 9.17) is 5.73 Å². The summed E-state index contributed by atoms with van der Waals surface area (Å²) < 4.78 is 2.90. The molecule has 1 aliphatic heterocycles. The predicted molar refractivity (Wildman–Crippen MR) is 108 cm³/mol. The van der Waals surface area contributed by atoms with E-state index in [1.54, 1.807) is 19.3 Å². The number of ketones is 1. The Bertz CT molecular complexity index is 1130. The molecule has 1 aromatic carbocycles. The number of anilines is 1. The third kappa shape index (κ3) is 3.33. The Labute approximate surface area is 167 Å². The summed E-state index contributed by atoms with van der Waals surface area (Å²) in [6.45, 7) is 0.456. The third-order valence-electron chi connectivity index (χ3n) is 5.24. The highest BCUT2D eigenvalue weighted by molar-refractivity contribution is 6.07. The summed E-state index contributed by atoms with van der Waals surface area (Å²) >= 11 is 0. The molecule has 3 heterocycles. The molecule has 0 radical (unpaired) electrons. The molecule has 0 saturated carbocycles. The van der Waals surface area contributed by atoms with Gasteiger partial charge < -0.3 is 15.2 Å². The average Bonchev–Trinajstić information content (AvgIpc) is 3.37. The SMILES string of the molecule is Cn1ccc(C(=O)N2CCC[C@@H]2C(=O)c2cnn(-c3ccccc3)c2N)cc1=O. The van der Waals surface area contributed by atoms with Gasteiger partial charge in [-0.05, 0) is 31.0 Å². The smallest absolute Gasteiger partial charge is 0.254 e. The monoisotopic (exact) mass is 391 g/mol. The van der Waals surface area contributed by atoms with Crippen molar-refractivity contribution in [2.24, 2.45) is 7.05 Å². The fourth-order valence-electron chi connectivity index (χ4n) is 3.63. The molecule has 0 aliphatic carbocycles. The quantitative estimate of drug-likeness (QED) is 0.681. The van der Waals surface area contributed by atoms with Crippen molar-refractivity contribution in [1.82, 2.24) is 19.2 Å². The summed E-state index contributed by atoms with van der Waals surface area (Å²) in [6.07, 6.45) is 4.25. The minimum Gasteiger partial charge on any atom is -0.383 e. The summed E-state index contributed by atoms with van der Waals surface area (Å²) in [5.74, 6) is -0.319. The Kier molecular flexibility index (Phi) is 4.75. The Hall–Kier alpha value is -3.68. The third-order valence-corrected chi connectivity index (χ3v) is 5.24. The molecule has 1 atom stereocenters. The molecule has 148 valence electrons. The molecule has 8 heteroatoms. The summed E-state index contributed by atoms with van der Waals surface area (Å²) in [5.41, 5.74) is 7.26. The minimum atomic E-state index is -0.623. The van der Waals surface area contributed by atoms with Crippen molar-refractivity contribution in [3.8, 4) is 5.69 Å². The standard InChI is InChI=1S/C21H21N5O3/c1-24-11-9-14(12-18(24)27)21(29)25-10-5-8-17(25)19(28)16-13-23-26(20(16)22)15-6-3-2-4-7-15/h2-4,6-7,9,11-13,17H,5,8,10,22H2,1H3/t17-/m1/s1. The second-order valence-corrected chi connectivity index (χ2v) is 7.08. The van der Waals surface area contributed by atoms with Crippen molar-refractivity contribution >= 4 is 17.5 Å². The van der Waals surface area contributed by atoms with E-state index in [-0.39, 0.29) is 28.6 Å². The van der Waals surface area contributed by atoms with E-state index >= 15 is 0 Å². The van der Waals surface area contributed by atoms with Gasteiger partial charge in [0.2, 0.25) is 0 Å². The number of nitrogens with two attached hydrogens (primary N) is 1. The summed E-state index contributed by atoms with van der Waals surface area (Å²) in [6, 6.07) is 11.6. The van der Waals surface area contributed by atoms with Gasteiger partial charge in [0.25, 0.3) is 11.5 Å². The molecule has 0 bridgehead atoms. The van der Waals surface area contributed by atoms with Crippen LogP contribution in [0.5, 0.6) is 0 Å². The van der Waals surface area contributed by atoms with E-state index < -0.39 is 6.04 Å². The summed E-state index contributed by atoms with van der Waals surface area (Å²) in [4.78, 5) is 39.5. The van der Waals surface area contributed by atoms with Crippen LogP contribution in [0.15, 0.2) is 59.7 Å². The Balaban J connectivity index is 1.61. The second-order valence-electron chi connectivity index (χ2n) is 7.08. The number of carbonyl (C=O) groups excluding carboxylic acids is 2. The molecule has 2 N–H and O–H groups in total. The van der Waals surface area contributed by atoms with Crippen LogP contribution >= 0.6 is 0 Å². The number of amides is 1. The van der Waals surface area contributed by atoms with Crippen LogP contribution in [0.4, 0.5) is 5.82 Å². The van der Waals surface area contributed by atoms with Crippen molar-refractivity contribution in [3.63, 3.8) is 0 Å². The van der Waals surface area contributed by atoms with E-state index in [9.17, 15) is 14.4 Å². The number of benzene rings is 1. The number of likely N-dealkylation sites (tertiary alicyclic amines) is 1. The fourth-order valence-corrected chi connectivity index (χ4v) is 3.63. The van der Waals surface area contributed by atoms with Gasteiger partial charge >= 0.3 is 0 Å². The van der Waals surface area contributed by atoms with Gasteiger partial charge in [0.15, 0.2) is 5.78 Å². The number of hydrogen-bond donors (Lipinski definition) is 1. The zero-order chi connectivity index (χ0) is 20.5. The average molecular weight is 391 g/mol. The zero-order valence-electron chi connectivity index (χ0n) is 16.0. The number of rotatable bonds is 4. The molecular formula is C21H21N5O3. The zero-order valence-corrected chi connectivity index (χ0v) is 16.0. The molecule has 1 fully saturated rings. The number of nitrogens with zero attached hydrogens (tertiary/aromatic N) is 4. The molecule has 1 saturated heterocycles.